The summed E-state index contributed by atoms with van der Waals surface area (Å²) in [4.78, 5) is 23.3. The number of amides is 2. The molecule has 1 unspecified atom stereocenters. The fourth-order valence-electron chi connectivity index (χ4n) is 2.08. The summed E-state index contributed by atoms with van der Waals surface area (Å²) in [5.74, 6) is -1.40. The lowest BCUT2D eigenvalue weighted by Gasteiger charge is -2.15. The zero-order valence-electron chi connectivity index (χ0n) is 11.4. The molecule has 0 aromatic carbocycles. The Balaban J connectivity index is 2.52. The maximum Gasteiger partial charge on any atom is 0.242 e. The first-order valence-corrected chi connectivity index (χ1v) is 8.40. The van der Waals surface area contributed by atoms with Crippen molar-refractivity contribution in [3.63, 3.8) is 0 Å². The van der Waals surface area contributed by atoms with Gasteiger partial charge in [-0.1, -0.05) is 13.8 Å². The number of hydrogen-bond acceptors (Lipinski definition) is 4. The molecule has 7 heteroatoms. The van der Waals surface area contributed by atoms with Crippen molar-refractivity contribution >= 4 is 21.7 Å². The molecule has 1 rings (SSSR count). The molecule has 2 N–H and O–H groups in total. The highest BCUT2D eigenvalue weighted by atomic mass is 32.2. The summed E-state index contributed by atoms with van der Waals surface area (Å²) in [6, 6.07) is -0.607. The number of rotatable bonds is 5. The number of sulfone groups is 1. The Bertz CT molecular complexity index is 431. The van der Waals surface area contributed by atoms with Gasteiger partial charge in [0.25, 0.3) is 0 Å². The Labute approximate surface area is 114 Å². The van der Waals surface area contributed by atoms with Gasteiger partial charge in [0.05, 0.1) is 5.75 Å². The lowest BCUT2D eigenvalue weighted by atomic mass is 10.1. The molecule has 0 bridgehead atoms. The molecule has 1 fully saturated rings. The highest BCUT2D eigenvalue weighted by Gasteiger charge is 2.25. The van der Waals surface area contributed by atoms with Crippen LogP contribution in [0.3, 0.4) is 0 Å². The topological polar surface area (TPSA) is 92.3 Å². The van der Waals surface area contributed by atoms with E-state index in [1.54, 1.807) is 13.8 Å². The smallest absolute Gasteiger partial charge is 0.242 e. The third-order valence-corrected chi connectivity index (χ3v) is 4.69. The maximum atomic E-state index is 11.7. The molecule has 0 aromatic rings. The molecule has 0 radical (unpaired) electrons. The highest BCUT2D eigenvalue weighted by Crippen LogP contribution is 2.06. The first-order valence-electron chi connectivity index (χ1n) is 6.57. The van der Waals surface area contributed by atoms with Crippen molar-refractivity contribution in [1.29, 1.82) is 0 Å². The lowest BCUT2D eigenvalue weighted by molar-refractivity contribution is -0.127. The van der Waals surface area contributed by atoms with Crippen molar-refractivity contribution in [3.8, 4) is 0 Å². The van der Waals surface area contributed by atoms with Crippen LogP contribution in [0.15, 0.2) is 0 Å². The summed E-state index contributed by atoms with van der Waals surface area (Å²) in [6.07, 6.45) is 2.27. The summed E-state index contributed by atoms with van der Waals surface area (Å²) in [6.45, 7) is 4.18. The second-order valence-corrected chi connectivity index (χ2v) is 7.46. The fourth-order valence-corrected chi connectivity index (χ4v) is 3.70. The fraction of sp³-hybridized carbons (Fsp3) is 0.833. The predicted molar refractivity (Wildman–Crippen MR) is 72.3 cm³/mol. The van der Waals surface area contributed by atoms with Crippen molar-refractivity contribution < 1.29 is 18.0 Å². The molecule has 1 saturated heterocycles. The number of carbonyl (C=O) groups excluding carboxylic acids is 2. The van der Waals surface area contributed by atoms with Crippen molar-refractivity contribution in [2.75, 3.05) is 18.1 Å². The van der Waals surface area contributed by atoms with E-state index in [1.807, 2.05) is 0 Å². The van der Waals surface area contributed by atoms with E-state index in [4.69, 9.17) is 0 Å². The zero-order valence-corrected chi connectivity index (χ0v) is 12.3. The van der Waals surface area contributed by atoms with E-state index < -0.39 is 27.5 Å². The van der Waals surface area contributed by atoms with Gasteiger partial charge >= 0.3 is 0 Å². The Morgan fingerprint density at radius 1 is 1.42 bits per heavy atom. The van der Waals surface area contributed by atoms with Crippen molar-refractivity contribution in [2.45, 2.75) is 39.2 Å². The van der Waals surface area contributed by atoms with E-state index in [0.717, 1.165) is 12.8 Å². The molecular formula is C12H22N2O4S. The van der Waals surface area contributed by atoms with Gasteiger partial charge < -0.3 is 10.6 Å². The third kappa shape index (κ3) is 6.04. The molecule has 19 heavy (non-hydrogen) atoms. The van der Waals surface area contributed by atoms with E-state index in [-0.39, 0.29) is 17.6 Å². The zero-order chi connectivity index (χ0) is 14.5. The number of hydrogen-bond donors (Lipinski definition) is 2. The van der Waals surface area contributed by atoms with E-state index in [2.05, 4.69) is 10.6 Å². The molecule has 6 nitrogen and oxygen atoms in total. The minimum atomic E-state index is -3.40. The largest absolute Gasteiger partial charge is 0.354 e. The Morgan fingerprint density at radius 2 is 2.11 bits per heavy atom. The summed E-state index contributed by atoms with van der Waals surface area (Å²) < 4.78 is 23.4. The molecular weight excluding hydrogens is 268 g/mol. The SMILES string of the molecule is CC(C)CS(=O)(=O)CC(=O)NC1CCCCNC1=O. The van der Waals surface area contributed by atoms with Crippen molar-refractivity contribution in [2.24, 2.45) is 5.92 Å². The average Bonchev–Trinajstić information content (AvgIpc) is 2.41. The minimum absolute atomic E-state index is 0.0148. The van der Waals surface area contributed by atoms with Gasteiger partial charge in [-0.15, -0.1) is 0 Å². The number of nitrogens with one attached hydrogen (secondary N) is 2. The van der Waals surface area contributed by atoms with Gasteiger partial charge in [0, 0.05) is 6.54 Å². The van der Waals surface area contributed by atoms with Gasteiger partial charge in [0.1, 0.15) is 11.8 Å². The van der Waals surface area contributed by atoms with E-state index in [0.29, 0.717) is 13.0 Å². The van der Waals surface area contributed by atoms with Crippen LogP contribution in [0.2, 0.25) is 0 Å². The van der Waals surface area contributed by atoms with Crippen LogP contribution >= 0.6 is 0 Å². The van der Waals surface area contributed by atoms with Crippen molar-refractivity contribution in [1.82, 2.24) is 10.6 Å². The normalized spacial score (nSPS) is 20.8. The molecule has 0 aliphatic carbocycles. The van der Waals surface area contributed by atoms with E-state index in [9.17, 15) is 18.0 Å². The van der Waals surface area contributed by atoms with Crippen LogP contribution in [-0.2, 0) is 19.4 Å². The third-order valence-electron chi connectivity index (χ3n) is 2.81. The van der Waals surface area contributed by atoms with Crippen LogP contribution in [0.25, 0.3) is 0 Å². The molecule has 1 heterocycles. The monoisotopic (exact) mass is 290 g/mol. The van der Waals surface area contributed by atoms with Crippen LogP contribution in [0.4, 0.5) is 0 Å². The summed E-state index contributed by atoms with van der Waals surface area (Å²) in [5, 5.41) is 5.20. The van der Waals surface area contributed by atoms with E-state index in [1.165, 1.54) is 0 Å². The molecule has 1 atom stereocenters. The molecule has 0 spiro atoms. The maximum absolute atomic E-state index is 11.7. The quantitative estimate of drug-likeness (QED) is 0.736. The summed E-state index contributed by atoms with van der Waals surface area (Å²) in [7, 11) is -3.40. The Kier molecular flexibility index (Phi) is 5.78. The first-order chi connectivity index (χ1) is 8.80. The van der Waals surface area contributed by atoms with Crippen molar-refractivity contribution in [3.05, 3.63) is 0 Å². The predicted octanol–water partition coefficient (Wildman–Crippen LogP) is -0.158. The van der Waals surface area contributed by atoms with Gasteiger partial charge in [-0.3, -0.25) is 9.59 Å². The van der Waals surface area contributed by atoms with Crippen LogP contribution in [0.1, 0.15) is 33.1 Å². The Hall–Kier alpha value is -1.11. The summed E-state index contributed by atoms with van der Waals surface area (Å²) in [5.41, 5.74) is 0. The molecule has 0 saturated carbocycles. The minimum Gasteiger partial charge on any atom is -0.354 e. The van der Waals surface area contributed by atoms with Crippen LogP contribution < -0.4 is 10.6 Å². The van der Waals surface area contributed by atoms with Crippen LogP contribution in [0.5, 0.6) is 0 Å². The first kappa shape index (κ1) is 15.9. The van der Waals surface area contributed by atoms with Crippen LogP contribution in [0, 0.1) is 5.92 Å². The van der Waals surface area contributed by atoms with Gasteiger partial charge in [-0.2, -0.15) is 0 Å². The summed E-state index contributed by atoms with van der Waals surface area (Å²) >= 11 is 0. The second-order valence-electron chi connectivity index (χ2n) is 5.36. The van der Waals surface area contributed by atoms with E-state index >= 15 is 0 Å². The molecule has 1 aliphatic rings. The molecule has 1 aliphatic heterocycles. The van der Waals surface area contributed by atoms with Gasteiger partial charge in [0.15, 0.2) is 9.84 Å². The molecule has 0 aromatic heterocycles. The lowest BCUT2D eigenvalue weighted by Crippen LogP contribution is -2.47. The molecule has 2 amide bonds. The highest BCUT2D eigenvalue weighted by molar-refractivity contribution is 7.92. The van der Waals surface area contributed by atoms with Gasteiger partial charge in [-0.25, -0.2) is 8.42 Å². The molecule has 110 valence electrons. The Morgan fingerprint density at radius 3 is 2.74 bits per heavy atom. The second kappa shape index (κ2) is 6.88. The average molecular weight is 290 g/mol. The standard InChI is InChI=1S/C12H22N2O4S/c1-9(2)7-19(17,18)8-11(15)14-10-5-3-4-6-13-12(10)16/h9-10H,3-8H2,1-2H3,(H,13,16)(H,14,15). The van der Waals surface area contributed by atoms with Gasteiger partial charge in [-0.05, 0) is 25.2 Å². The van der Waals surface area contributed by atoms with Gasteiger partial charge in [0.2, 0.25) is 11.8 Å². The van der Waals surface area contributed by atoms with Crippen LogP contribution in [-0.4, -0.2) is 44.3 Å². The number of carbonyl (C=O) groups is 2.